The number of hydrogen-bond acceptors (Lipinski definition) is 8. The molecular formula is C17H21N3O4S. The first-order valence-electron chi connectivity index (χ1n) is 7.83. The van der Waals surface area contributed by atoms with Crippen molar-refractivity contribution in [2.45, 2.75) is 20.8 Å². The van der Waals surface area contributed by atoms with E-state index in [0.717, 1.165) is 5.56 Å². The van der Waals surface area contributed by atoms with Gasteiger partial charge in [-0.25, -0.2) is 9.78 Å². The van der Waals surface area contributed by atoms with Gasteiger partial charge in [0, 0.05) is 0 Å². The molecule has 1 heterocycles. The number of rotatable bonds is 8. The lowest BCUT2D eigenvalue weighted by Crippen LogP contribution is -1.99. The number of anilines is 1. The van der Waals surface area contributed by atoms with Crippen molar-refractivity contribution in [2.24, 2.45) is 5.10 Å². The Labute approximate surface area is 150 Å². The van der Waals surface area contributed by atoms with Crippen LogP contribution in [0.25, 0.3) is 0 Å². The number of hydrogen-bond donors (Lipinski definition) is 1. The minimum atomic E-state index is -0.403. The highest BCUT2D eigenvalue weighted by Crippen LogP contribution is 2.28. The molecule has 0 aliphatic carbocycles. The van der Waals surface area contributed by atoms with E-state index in [9.17, 15) is 4.79 Å². The summed E-state index contributed by atoms with van der Waals surface area (Å²) in [5, 5.41) is 4.67. The zero-order valence-corrected chi connectivity index (χ0v) is 15.5. The molecule has 7 nitrogen and oxygen atoms in total. The lowest BCUT2D eigenvalue weighted by atomic mass is 10.2. The van der Waals surface area contributed by atoms with Gasteiger partial charge in [-0.15, -0.1) is 0 Å². The van der Waals surface area contributed by atoms with E-state index in [-0.39, 0.29) is 0 Å². The normalized spacial score (nSPS) is 10.7. The Balaban J connectivity index is 2.09. The molecule has 1 N–H and O–H groups in total. The number of thiazole rings is 1. The number of esters is 1. The molecule has 0 amide bonds. The monoisotopic (exact) mass is 363 g/mol. The number of ether oxygens (including phenoxy) is 3. The Morgan fingerprint density at radius 2 is 2.00 bits per heavy atom. The van der Waals surface area contributed by atoms with Crippen molar-refractivity contribution in [2.75, 3.05) is 25.7 Å². The number of methoxy groups -OCH3 is 1. The van der Waals surface area contributed by atoms with Crippen molar-refractivity contribution >= 4 is 28.7 Å². The molecule has 0 aliphatic heterocycles. The van der Waals surface area contributed by atoms with E-state index in [0.29, 0.717) is 40.4 Å². The maximum atomic E-state index is 11.6. The summed E-state index contributed by atoms with van der Waals surface area (Å²) in [6, 6.07) is 5.58. The van der Waals surface area contributed by atoms with Crippen LogP contribution >= 0.6 is 11.3 Å². The van der Waals surface area contributed by atoms with E-state index < -0.39 is 5.97 Å². The average Bonchev–Trinajstić information content (AvgIpc) is 2.97. The standard InChI is InChI=1S/C17H21N3O4S/c1-5-23-13-8-7-12(9-14(13)24-6-2)10-18-20-17-19-11(3)15(25-17)16(21)22-4/h7-10H,5-6H2,1-4H3,(H,19,20)/b18-10+. The van der Waals surface area contributed by atoms with Gasteiger partial charge in [-0.1, -0.05) is 11.3 Å². The molecule has 0 bridgehead atoms. The highest BCUT2D eigenvalue weighted by molar-refractivity contribution is 7.17. The van der Waals surface area contributed by atoms with Crippen molar-refractivity contribution < 1.29 is 19.0 Å². The zero-order valence-electron chi connectivity index (χ0n) is 14.7. The Hall–Kier alpha value is -2.61. The second kappa shape index (κ2) is 9.03. The molecule has 0 radical (unpaired) electrons. The van der Waals surface area contributed by atoms with Crippen LogP contribution in [-0.4, -0.2) is 37.5 Å². The van der Waals surface area contributed by atoms with Crippen LogP contribution < -0.4 is 14.9 Å². The molecule has 1 aromatic heterocycles. The lowest BCUT2D eigenvalue weighted by molar-refractivity contribution is 0.0605. The van der Waals surface area contributed by atoms with Gasteiger partial charge < -0.3 is 14.2 Å². The molecule has 2 rings (SSSR count). The molecule has 134 valence electrons. The Bertz CT molecular complexity index is 758. The third kappa shape index (κ3) is 4.93. The first kappa shape index (κ1) is 18.7. The van der Waals surface area contributed by atoms with E-state index in [1.54, 1.807) is 13.1 Å². The van der Waals surface area contributed by atoms with Gasteiger partial charge in [0.15, 0.2) is 11.5 Å². The third-order valence-corrected chi connectivity index (χ3v) is 4.15. The van der Waals surface area contributed by atoms with E-state index in [4.69, 9.17) is 14.2 Å². The number of nitrogens with zero attached hydrogens (tertiary/aromatic N) is 2. The van der Waals surface area contributed by atoms with Gasteiger partial charge >= 0.3 is 5.97 Å². The minimum absolute atomic E-state index is 0.403. The summed E-state index contributed by atoms with van der Waals surface area (Å²) >= 11 is 1.19. The SMILES string of the molecule is CCOc1ccc(/C=N/Nc2nc(C)c(C(=O)OC)s2)cc1OCC. The first-order valence-corrected chi connectivity index (χ1v) is 8.65. The second-order valence-electron chi connectivity index (χ2n) is 4.87. The molecule has 25 heavy (non-hydrogen) atoms. The second-order valence-corrected chi connectivity index (χ2v) is 5.87. The Morgan fingerprint density at radius 1 is 1.28 bits per heavy atom. The number of carbonyl (C=O) groups excluding carboxylic acids is 1. The third-order valence-electron chi connectivity index (χ3n) is 3.11. The molecule has 2 aromatic rings. The van der Waals surface area contributed by atoms with Gasteiger partial charge in [-0.3, -0.25) is 5.43 Å². The van der Waals surface area contributed by atoms with Crippen LogP contribution in [0.5, 0.6) is 11.5 Å². The summed E-state index contributed by atoms with van der Waals surface area (Å²) in [6.45, 7) is 6.71. The van der Waals surface area contributed by atoms with Crippen LogP contribution in [0.1, 0.15) is 34.8 Å². The van der Waals surface area contributed by atoms with Crippen molar-refractivity contribution in [1.82, 2.24) is 4.98 Å². The summed E-state index contributed by atoms with van der Waals surface area (Å²) in [7, 11) is 1.34. The van der Waals surface area contributed by atoms with Crippen LogP contribution in [-0.2, 0) is 4.74 Å². The highest BCUT2D eigenvalue weighted by Gasteiger charge is 2.15. The minimum Gasteiger partial charge on any atom is -0.490 e. The van der Waals surface area contributed by atoms with Crippen molar-refractivity contribution in [3.63, 3.8) is 0 Å². The number of aryl methyl sites for hydroxylation is 1. The zero-order chi connectivity index (χ0) is 18.2. The van der Waals surface area contributed by atoms with Crippen LogP contribution in [0.15, 0.2) is 23.3 Å². The predicted molar refractivity (Wildman–Crippen MR) is 98.2 cm³/mol. The molecule has 0 spiro atoms. The summed E-state index contributed by atoms with van der Waals surface area (Å²) < 4.78 is 15.8. The van der Waals surface area contributed by atoms with Gasteiger partial charge in [-0.05, 0) is 44.5 Å². The highest BCUT2D eigenvalue weighted by atomic mass is 32.1. The summed E-state index contributed by atoms with van der Waals surface area (Å²) in [5.41, 5.74) is 4.28. The number of nitrogens with one attached hydrogen (secondary N) is 1. The fourth-order valence-electron chi connectivity index (χ4n) is 2.04. The average molecular weight is 363 g/mol. The summed E-state index contributed by atoms with van der Waals surface area (Å²) in [5.74, 6) is 0.971. The van der Waals surface area contributed by atoms with Gasteiger partial charge in [0.25, 0.3) is 0 Å². The predicted octanol–water partition coefficient (Wildman–Crippen LogP) is 3.48. The number of carbonyl (C=O) groups is 1. The number of benzene rings is 1. The van der Waals surface area contributed by atoms with Crippen LogP contribution in [0.3, 0.4) is 0 Å². The molecule has 0 atom stereocenters. The van der Waals surface area contributed by atoms with Gasteiger partial charge in [0.05, 0.1) is 32.2 Å². The summed E-state index contributed by atoms with van der Waals surface area (Å²) in [4.78, 5) is 16.3. The topological polar surface area (TPSA) is 82.0 Å². The lowest BCUT2D eigenvalue weighted by Gasteiger charge is -2.11. The van der Waals surface area contributed by atoms with E-state index in [1.807, 2.05) is 32.0 Å². The van der Waals surface area contributed by atoms with Gasteiger partial charge in [-0.2, -0.15) is 5.10 Å². The van der Waals surface area contributed by atoms with Gasteiger partial charge in [0.2, 0.25) is 5.13 Å². The van der Waals surface area contributed by atoms with Crippen molar-refractivity contribution in [1.29, 1.82) is 0 Å². The molecule has 0 unspecified atom stereocenters. The molecule has 1 aromatic carbocycles. The van der Waals surface area contributed by atoms with E-state index >= 15 is 0 Å². The van der Waals surface area contributed by atoms with Crippen LogP contribution in [0.4, 0.5) is 5.13 Å². The maximum Gasteiger partial charge on any atom is 0.350 e. The largest absolute Gasteiger partial charge is 0.490 e. The number of aromatic nitrogens is 1. The van der Waals surface area contributed by atoms with E-state index in [1.165, 1.54) is 18.4 Å². The summed E-state index contributed by atoms with van der Waals surface area (Å²) in [6.07, 6.45) is 1.65. The molecule has 0 aliphatic rings. The first-order chi connectivity index (χ1) is 12.1. The quantitative estimate of drug-likeness (QED) is 0.439. The molecule has 0 saturated carbocycles. The fourth-order valence-corrected chi connectivity index (χ4v) is 2.87. The van der Waals surface area contributed by atoms with Crippen molar-refractivity contribution in [3.8, 4) is 11.5 Å². The maximum absolute atomic E-state index is 11.6. The van der Waals surface area contributed by atoms with E-state index in [2.05, 4.69) is 15.5 Å². The van der Waals surface area contributed by atoms with Crippen LogP contribution in [0.2, 0.25) is 0 Å². The molecule has 0 saturated heterocycles. The Morgan fingerprint density at radius 3 is 2.68 bits per heavy atom. The Kier molecular flexibility index (Phi) is 6.76. The molecule has 8 heteroatoms. The van der Waals surface area contributed by atoms with Gasteiger partial charge in [0.1, 0.15) is 4.88 Å². The van der Waals surface area contributed by atoms with Crippen molar-refractivity contribution in [3.05, 3.63) is 34.3 Å². The van der Waals surface area contributed by atoms with Crippen LogP contribution in [0, 0.1) is 6.92 Å². The number of hydrazone groups is 1. The molecular weight excluding hydrogens is 342 g/mol. The molecule has 0 fully saturated rings. The smallest absolute Gasteiger partial charge is 0.350 e. The fraction of sp³-hybridized carbons (Fsp3) is 0.353.